The van der Waals surface area contributed by atoms with Crippen molar-refractivity contribution in [1.29, 1.82) is 0 Å². The van der Waals surface area contributed by atoms with Crippen molar-refractivity contribution in [3.8, 4) is 5.75 Å². The molecule has 1 heterocycles. The Morgan fingerprint density at radius 1 is 0.931 bits per heavy atom. The summed E-state index contributed by atoms with van der Waals surface area (Å²) in [6.07, 6.45) is -3.27. The zero-order valence-electron chi connectivity index (χ0n) is 14.5. The fraction of sp³-hybridized carbons (Fsp3) is 0.0526. The number of halogens is 4. The van der Waals surface area contributed by atoms with E-state index in [1.54, 1.807) is 24.3 Å². The summed E-state index contributed by atoms with van der Waals surface area (Å²) < 4.78 is 40.2. The maximum Gasteiger partial charge on any atom is 0.573 e. The molecule has 0 saturated heterocycles. The molecule has 5 nitrogen and oxygen atoms in total. The molecule has 150 valence electrons. The van der Waals surface area contributed by atoms with Crippen LogP contribution in [0.15, 0.2) is 76.8 Å². The summed E-state index contributed by atoms with van der Waals surface area (Å²) in [6.45, 7) is 0. The summed E-state index contributed by atoms with van der Waals surface area (Å²) in [4.78, 5) is 17.3. The largest absolute Gasteiger partial charge is 0.573 e. The molecule has 0 spiro atoms. The van der Waals surface area contributed by atoms with E-state index < -0.39 is 12.4 Å². The van der Waals surface area contributed by atoms with Gasteiger partial charge in [-0.1, -0.05) is 23.4 Å². The molecule has 0 fully saturated rings. The minimum atomic E-state index is -4.77. The van der Waals surface area contributed by atoms with Crippen LogP contribution in [0.25, 0.3) is 0 Å². The van der Waals surface area contributed by atoms with Gasteiger partial charge in [-0.25, -0.2) is 9.78 Å². The van der Waals surface area contributed by atoms with E-state index in [0.29, 0.717) is 16.4 Å². The Morgan fingerprint density at radius 3 is 2.14 bits per heavy atom. The van der Waals surface area contributed by atoms with Gasteiger partial charge in [0, 0.05) is 15.6 Å². The number of benzene rings is 2. The van der Waals surface area contributed by atoms with Gasteiger partial charge in [0.2, 0.25) is 0 Å². The number of carbonyl (C=O) groups excluding carboxylic acids is 1. The molecule has 0 aliphatic rings. The van der Waals surface area contributed by atoms with E-state index in [0.717, 1.165) is 22.1 Å². The number of hydrogen-bond donors (Lipinski definition) is 2. The first-order chi connectivity index (χ1) is 13.8. The van der Waals surface area contributed by atoms with Crippen molar-refractivity contribution in [2.75, 3.05) is 10.6 Å². The van der Waals surface area contributed by atoms with Gasteiger partial charge in [-0.15, -0.1) is 13.2 Å². The predicted molar refractivity (Wildman–Crippen MR) is 106 cm³/mol. The Balaban J connectivity index is 1.53. The van der Waals surface area contributed by atoms with Crippen molar-refractivity contribution in [2.45, 2.75) is 16.3 Å². The summed E-state index contributed by atoms with van der Waals surface area (Å²) in [5, 5.41) is 6.48. The lowest BCUT2D eigenvalue weighted by molar-refractivity contribution is -0.274. The third-order valence-corrected chi connectivity index (χ3v) is 4.59. The monoisotopic (exact) mass is 439 g/mol. The highest BCUT2D eigenvalue weighted by molar-refractivity contribution is 7.99. The second-order valence-corrected chi connectivity index (χ2v) is 7.12. The van der Waals surface area contributed by atoms with E-state index >= 15 is 0 Å². The van der Waals surface area contributed by atoms with Crippen LogP contribution >= 0.6 is 23.4 Å². The maximum absolute atomic E-state index is 12.1. The number of alkyl halides is 3. The minimum absolute atomic E-state index is 0.305. The molecule has 0 aliphatic heterocycles. The van der Waals surface area contributed by atoms with Crippen molar-refractivity contribution in [3.63, 3.8) is 0 Å². The lowest BCUT2D eigenvalue weighted by atomic mass is 10.3. The minimum Gasteiger partial charge on any atom is -0.406 e. The van der Waals surface area contributed by atoms with E-state index in [1.165, 1.54) is 30.1 Å². The molecule has 3 rings (SSSR count). The molecule has 10 heteroatoms. The Kier molecular flexibility index (Phi) is 6.50. The van der Waals surface area contributed by atoms with Crippen LogP contribution in [0.2, 0.25) is 5.02 Å². The lowest BCUT2D eigenvalue weighted by Crippen LogP contribution is -2.19. The molecule has 0 unspecified atom stereocenters. The third-order valence-electron chi connectivity index (χ3n) is 3.38. The Bertz CT molecular complexity index is 966. The molecular weight excluding hydrogens is 427 g/mol. The molecule has 0 atom stereocenters. The molecule has 2 aromatic carbocycles. The van der Waals surface area contributed by atoms with E-state index in [2.05, 4.69) is 20.4 Å². The first-order valence-corrected chi connectivity index (χ1v) is 9.29. The van der Waals surface area contributed by atoms with E-state index in [1.807, 2.05) is 12.1 Å². The highest BCUT2D eigenvalue weighted by atomic mass is 35.5. The number of amides is 2. The van der Waals surface area contributed by atoms with Gasteiger partial charge in [-0.05, 0) is 60.7 Å². The number of nitrogens with one attached hydrogen (secondary N) is 2. The number of ether oxygens (including phenoxy) is 1. The second-order valence-electron chi connectivity index (χ2n) is 5.59. The van der Waals surface area contributed by atoms with Gasteiger partial charge in [0.15, 0.2) is 0 Å². The topological polar surface area (TPSA) is 63.2 Å². The molecular formula is C19H13ClF3N3O2S. The Hall–Kier alpha value is -2.91. The first-order valence-electron chi connectivity index (χ1n) is 8.10. The fourth-order valence-corrected chi connectivity index (χ4v) is 3.05. The number of urea groups is 1. The zero-order chi connectivity index (χ0) is 20.9. The highest BCUT2D eigenvalue weighted by Gasteiger charge is 2.30. The SMILES string of the molecule is O=C(Nc1ccc(OC(F)(F)F)cc1)Nc1ccc(Sc2ccc(Cl)cc2)nc1. The predicted octanol–water partition coefficient (Wildman–Crippen LogP) is 6.43. The number of carbonyl (C=O) groups is 1. The van der Waals surface area contributed by atoms with E-state index in [-0.39, 0.29) is 5.75 Å². The van der Waals surface area contributed by atoms with Gasteiger partial charge in [-0.3, -0.25) is 0 Å². The molecule has 0 radical (unpaired) electrons. The first kappa shape index (κ1) is 20.8. The number of pyridine rings is 1. The summed E-state index contributed by atoms with van der Waals surface area (Å²) in [5.41, 5.74) is 0.764. The van der Waals surface area contributed by atoms with Crippen molar-refractivity contribution in [2.24, 2.45) is 0 Å². The van der Waals surface area contributed by atoms with Gasteiger partial charge in [0.25, 0.3) is 0 Å². The van der Waals surface area contributed by atoms with E-state index in [9.17, 15) is 18.0 Å². The van der Waals surface area contributed by atoms with Gasteiger partial charge in [0.05, 0.1) is 11.9 Å². The van der Waals surface area contributed by atoms with Crippen molar-refractivity contribution in [1.82, 2.24) is 4.98 Å². The molecule has 0 saturated carbocycles. The number of rotatable bonds is 5. The van der Waals surface area contributed by atoms with Crippen LogP contribution in [-0.4, -0.2) is 17.4 Å². The smallest absolute Gasteiger partial charge is 0.406 e. The third kappa shape index (κ3) is 6.88. The zero-order valence-corrected chi connectivity index (χ0v) is 16.1. The molecule has 29 heavy (non-hydrogen) atoms. The van der Waals surface area contributed by atoms with Gasteiger partial charge < -0.3 is 15.4 Å². The fourth-order valence-electron chi connectivity index (χ4n) is 2.17. The molecule has 0 aliphatic carbocycles. The van der Waals surface area contributed by atoms with Crippen molar-refractivity contribution < 1.29 is 22.7 Å². The maximum atomic E-state index is 12.1. The van der Waals surface area contributed by atoms with Crippen LogP contribution in [0.4, 0.5) is 29.3 Å². The summed E-state index contributed by atoms with van der Waals surface area (Å²) in [6, 6.07) is 15.0. The quantitative estimate of drug-likeness (QED) is 0.481. The summed E-state index contributed by atoms with van der Waals surface area (Å²) >= 11 is 7.29. The van der Waals surface area contributed by atoms with Gasteiger partial charge >= 0.3 is 12.4 Å². The highest BCUT2D eigenvalue weighted by Crippen LogP contribution is 2.28. The molecule has 3 aromatic rings. The number of nitrogens with zero attached hydrogens (tertiary/aromatic N) is 1. The molecule has 2 amide bonds. The standard InChI is InChI=1S/C19H13ClF3N3O2S/c20-12-1-8-16(9-2-12)29-17-10-5-14(11-24-17)26-18(27)25-13-3-6-15(7-4-13)28-19(21,22)23/h1-11H,(H2,25,26,27). The van der Waals surface area contributed by atoms with Crippen LogP contribution in [0.1, 0.15) is 0 Å². The van der Waals surface area contributed by atoms with E-state index in [4.69, 9.17) is 11.6 Å². The van der Waals surface area contributed by atoms with Gasteiger partial charge in [0.1, 0.15) is 10.8 Å². The summed E-state index contributed by atoms with van der Waals surface area (Å²) in [5.74, 6) is -0.374. The van der Waals surface area contributed by atoms with Crippen LogP contribution in [0, 0.1) is 0 Å². The summed E-state index contributed by atoms with van der Waals surface area (Å²) in [7, 11) is 0. The Labute approximate surface area is 173 Å². The van der Waals surface area contributed by atoms with Gasteiger partial charge in [-0.2, -0.15) is 0 Å². The van der Waals surface area contributed by atoms with Crippen LogP contribution in [-0.2, 0) is 0 Å². The second kappa shape index (κ2) is 9.06. The number of hydrogen-bond acceptors (Lipinski definition) is 4. The Morgan fingerprint density at radius 2 is 1.55 bits per heavy atom. The molecule has 1 aromatic heterocycles. The molecule has 0 bridgehead atoms. The van der Waals surface area contributed by atoms with Crippen LogP contribution in [0.5, 0.6) is 5.75 Å². The van der Waals surface area contributed by atoms with Crippen LogP contribution in [0.3, 0.4) is 0 Å². The lowest BCUT2D eigenvalue weighted by Gasteiger charge is -2.10. The number of aromatic nitrogens is 1. The van der Waals surface area contributed by atoms with Crippen molar-refractivity contribution in [3.05, 3.63) is 71.9 Å². The van der Waals surface area contributed by atoms with Crippen LogP contribution < -0.4 is 15.4 Å². The number of anilines is 2. The van der Waals surface area contributed by atoms with Crippen molar-refractivity contribution >= 4 is 40.8 Å². The molecule has 2 N–H and O–H groups in total. The normalized spacial score (nSPS) is 11.0. The average molecular weight is 440 g/mol. The average Bonchev–Trinajstić information content (AvgIpc) is 2.66.